The van der Waals surface area contributed by atoms with Crippen LogP contribution in [0.2, 0.25) is 0 Å². The van der Waals surface area contributed by atoms with E-state index in [2.05, 4.69) is 0 Å². The van der Waals surface area contributed by atoms with Gasteiger partial charge in [-0.15, -0.1) is 0 Å². The van der Waals surface area contributed by atoms with Crippen LogP contribution in [0.5, 0.6) is 0 Å². The Morgan fingerprint density at radius 2 is 2.09 bits per heavy atom. The Bertz CT molecular complexity index is 652. The first-order valence-corrected chi connectivity index (χ1v) is 7.20. The van der Waals surface area contributed by atoms with Crippen molar-refractivity contribution in [3.63, 3.8) is 0 Å². The number of allylic oxidation sites excluding steroid dienone is 1. The van der Waals surface area contributed by atoms with E-state index in [1.165, 1.54) is 11.0 Å². The van der Waals surface area contributed by atoms with Crippen LogP contribution in [0.25, 0.3) is 0 Å². The lowest BCUT2D eigenvalue weighted by Crippen LogP contribution is -2.38. The van der Waals surface area contributed by atoms with Crippen LogP contribution in [-0.2, 0) is 0 Å². The SMILES string of the molecule is C/C=C1\CC(CO)N(C(=O)c2cc(C)c(C)cc2[N+](=O)[O-])C1. The standard InChI is InChI=1S/C16H20N2O4/c1-4-12-7-13(9-19)17(8-12)16(20)14-5-10(2)11(3)6-15(14)18(21)22/h4-6,13,19H,7-9H2,1-3H3/b12-4+. The number of hydrogen-bond acceptors (Lipinski definition) is 4. The summed E-state index contributed by atoms with van der Waals surface area (Å²) < 4.78 is 0. The van der Waals surface area contributed by atoms with Crippen LogP contribution in [0.4, 0.5) is 5.69 Å². The van der Waals surface area contributed by atoms with E-state index in [1.54, 1.807) is 13.0 Å². The van der Waals surface area contributed by atoms with Gasteiger partial charge in [0.25, 0.3) is 11.6 Å². The molecule has 0 bridgehead atoms. The molecular formula is C16H20N2O4. The highest BCUT2D eigenvalue weighted by Gasteiger charge is 2.34. The normalized spacial score (nSPS) is 19.7. The number of carbonyl (C=O) groups is 1. The molecule has 0 aliphatic carbocycles. The van der Waals surface area contributed by atoms with Gasteiger partial charge in [0.2, 0.25) is 0 Å². The Morgan fingerprint density at radius 1 is 1.45 bits per heavy atom. The smallest absolute Gasteiger partial charge is 0.282 e. The summed E-state index contributed by atoms with van der Waals surface area (Å²) in [5.41, 5.74) is 2.57. The van der Waals surface area contributed by atoms with E-state index in [1.807, 2.05) is 19.9 Å². The van der Waals surface area contributed by atoms with Gasteiger partial charge in [-0.2, -0.15) is 0 Å². The molecule has 0 spiro atoms. The lowest BCUT2D eigenvalue weighted by atomic mass is 10.0. The monoisotopic (exact) mass is 304 g/mol. The van der Waals surface area contributed by atoms with Gasteiger partial charge in [0.15, 0.2) is 0 Å². The van der Waals surface area contributed by atoms with Crippen molar-refractivity contribution in [2.24, 2.45) is 0 Å². The molecule has 6 heteroatoms. The first kappa shape index (κ1) is 16.2. The van der Waals surface area contributed by atoms with Crippen molar-refractivity contribution in [1.29, 1.82) is 0 Å². The van der Waals surface area contributed by atoms with Crippen LogP contribution in [0.3, 0.4) is 0 Å². The number of aryl methyl sites for hydroxylation is 2. The summed E-state index contributed by atoms with van der Waals surface area (Å²) in [4.78, 5) is 25.0. The highest BCUT2D eigenvalue weighted by Crippen LogP contribution is 2.29. The van der Waals surface area contributed by atoms with E-state index in [4.69, 9.17) is 0 Å². The maximum Gasteiger partial charge on any atom is 0.282 e. The number of benzene rings is 1. The van der Waals surface area contributed by atoms with Crippen molar-refractivity contribution >= 4 is 11.6 Å². The molecule has 6 nitrogen and oxygen atoms in total. The Morgan fingerprint density at radius 3 is 2.64 bits per heavy atom. The third-order valence-electron chi connectivity index (χ3n) is 4.23. The second-order valence-electron chi connectivity index (χ2n) is 5.63. The number of nitro benzene ring substituents is 1. The van der Waals surface area contributed by atoms with Gasteiger partial charge < -0.3 is 10.0 Å². The fourth-order valence-corrected chi connectivity index (χ4v) is 2.71. The zero-order valence-corrected chi connectivity index (χ0v) is 13.0. The molecule has 22 heavy (non-hydrogen) atoms. The molecule has 1 heterocycles. The van der Waals surface area contributed by atoms with E-state index in [0.29, 0.717) is 13.0 Å². The number of rotatable bonds is 3. The third-order valence-corrected chi connectivity index (χ3v) is 4.23. The minimum atomic E-state index is -0.528. The summed E-state index contributed by atoms with van der Waals surface area (Å²) in [5.74, 6) is -0.397. The molecule has 1 saturated heterocycles. The fraction of sp³-hybridized carbons (Fsp3) is 0.438. The van der Waals surface area contributed by atoms with Gasteiger partial charge in [-0.3, -0.25) is 14.9 Å². The number of hydrogen-bond donors (Lipinski definition) is 1. The van der Waals surface area contributed by atoms with E-state index >= 15 is 0 Å². The molecule has 1 aliphatic heterocycles. The van der Waals surface area contributed by atoms with Gasteiger partial charge in [0.1, 0.15) is 5.56 Å². The van der Waals surface area contributed by atoms with Gasteiger partial charge in [-0.05, 0) is 44.4 Å². The summed E-state index contributed by atoms with van der Waals surface area (Å²) in [6.45, 7) is 5.74. The second-order valence-corrected chi connectivity index (χ2v) is 5.63. The van der Waals surface area contributed by atoms with Crippen molar-refractivity contribution in [3.8, 4) is 0 Å². The third kappa shape index (κ3) is 2.87. The molecule has 1 atom stereocenters. The van der Waals surface area contributed by atoms with E-state index in [0.717, 1.165) is 16.7 Å². The largest absolute Gasteiger partial charge is 0.394 e. The lowest BCUT2D eigenvalue weighted by molar-refractivity contribution is -0.385. The van der Waals surface area contributed by atoms with Crippen molar-refractivity contribution in [1.82, 2.24) is 4.90 Å². The average Bonchev–Trinajstić information content (AvgIpc) is 2.92. The number of amides is 1. The summed E-state index contributed by atoms with van der Waals surface area (Å²) in [6, 6.07) is 2.68. The highest BCUT2D eigenvalue weighted by molar-refractivity contribution is 5.99. The maximum absolute atomic E-state index is 12.7. The molecule has 2 rings (SSSR count). The quantitative estimate of drug-likeness (QED) is 0.528. The van der Waals surface area contributed by atoms with Gasteiger partial charge >= 0.3 is 0 Å². The molecule has 1 N–H and O–H groups in total. The molecule has 1 aromatic carbocycles. The Hall–Kier alpha value is -2.21. The Labute approximate surface area is 129 Å². The van der Waals surface area contributed by atoms with Crippen LogP contribution >= 0.6 is 0 Å². The molecular weight excluding hydrogens is 284 g/mol. The average molecular weight is 304 g/mol. The molecule has 1 aromatic rings. The summed E-state index contributed by atoms with van der Waals surface area (Å²) >= 11 is 0. The zero-order valence-electron chi connectivity index (χ0n) is 13.0. The van der Waals surface area contributed by atoms with Crippen molar-refractivity contribution in [2.45, 2.75) is 33.2 Å². The van der Waals surface area contributed by atoms with Crippen molar-refractivity contribution in [3.05, 3.63) is 50.6 Å². The minimum absolute atomic E-state index is 0.0869. The number of likely N-dealkylation sites (tertiary alicyclic amines) is 1. The zero-order chi connectivity index (χ0) is 16.4. The lowest BCUT2D eigenvalue weighted by Gasteiger charge is -2.22. The molecule has 1 unspecified atom stereocenters. The number of nitro groups is 1. The van der Waals surface area contributed by atoms with Crippen molar-refractivity contribution in [2.75, 3.05) is 13.2 Å². The van der Waals surface area contributed by atoms with Crippen LogP contribution in [0.1, 0.15) is 34.8 Å². The van der Waals surface area contributed by atoms with Gasteiger partial charge in [0, 0.05) is 12.6 Å². The Kier molecular flexibility index (Phi) is 4.61. The van der Waals surface area contributed by atoms with Crippen molar-refractivity contribution < 1.29 is 14.8 Å². The summed E-state index contributed by atoms with van der Waals surface area (Å²) in [5, 5.41) is 20.7. The predicted octanol–water partition coefficient (Wildman–Crippen LogP) is 2.36. The fourth-order valence-electron chi connectivity index (χ4n) is 2.71. The van der Waals surface area contributed by atoms with Crippen LogP contribution in [-0.4, -0.2) is 40.0 Å². The Balaban J connectivity index is 2.45. The van der Waals surface area contributed by atoms with Gasteiger partial charge in [0.05, 0.1) is 17.6 Å². The molecule has 1 aliphatic rings. The van der Waals surface area contributed by atoms with E-state index in [9.17, 15) is 20.0 Å². The topological polar surface area (TPSA) is 83.7 Å². The van der Waals surface area contributed by atoms with Gasteiger partial charge in [-0.1, -0.05) is 11.6 Å². The molecule has 0 radical (unpaired) electrons. The molecule has 1 fully saturated rings. The molecule has 0 saturated carbocycles. The number of nitrogens with zero attached hydrogens (tertiary/aromatic N) is 2. The maximum atomic E-state index is 12.7. The predicted molar refractivity (Wildman–Crippen MR) is 82.9 cm³/mol. The van der Waals surface area contributed by atoms with Crippen LogP contribution in [0, 0.1) is 24.0 Å². The summed E-state index contributed by atoms with van der Waals surface area (Å²) in [7, 11) is 0. The first-order valence-electron chi connectivity index (χ1n) is 7.20. The van der Waals surface area contributed by atoms with Crippen LogP contribution in [0.15, 0.2) is 23.8 Å². The minimum Gasteiger partial charge on any atom is -0.394 e. The van der Waals surface area contributed by atoms with E-state index in [-0.39, 0.29) is 23.9 Å². The second kappa shape index (κ2) is 6.27. The number of carbonyl (C=O) groups excluding carboxylic acids is 1. The summed E-state index contributed by atoms with van der Waals surface area (Å²) in [6.07, 6.45) is 2.53. The highest BCUT2D eigenvalue weighted by atomic mass is 16.6. The van der Waals surface area contributed by atoms with E-state index < -0.39 is 10.8 Å². The molecule has 118 valence electrons. The first-order chi connectivity index (χ1) is 10.4. The molecule has 0 aromatic heterocycles. The number of aliphatic hydroxyl groups is 1. The van der Waals surface area contributed by atoms with Crippen LogP contribution < -0.4 is 0 Å². The van der Waals surface area contributed by atoms with Gasteiger partial charge in [-0.25, -0.2) is 0 Å². The number of aliphatic hydroxyl groups excluding tert-OH is 1. The molecule has 1 amide bonds.